The summed E-state index contributed by atoms with van der Waals surface area (Å²) >= 11 is 0. The standard InChI is InChI=1S/C10H16N2/c1-7-4-5-10(6-8(7)2)9(3)12-11/h4-6,9,12H,11H2,1-3H3. The van der Waals surface area contributed by atoms with Crippen LogP contribution in [0, 0.1) is 13.8 Å². The predicted octanol–water partition coefficient (Wildman–Crippen LogP) is 1.83. The number of rotatable bonds is 2. The third-order valence-corrected chi connectivity index (χ3v) is 2.28. The van der Waals surface area contributed by atoms with E-state index < -0.39 is 0 Å². The molecular weight excluding hydrogens is 148 g/mol. The fourth-order valence-electron chi connectivity index (χ4n) is 1.13. The largest absolute Gasteiger partial charge is 0.271 e. The highest BCUT2D eigenvalue weighted by molar-refractivity contribution is 5.31. The van der Waals surface area contributed by atoms with Crippen LogP contribution in [-0.4, -0.2) is 0 Å². The molecular formula is C10H16N2. The van der Waals surface area contributed by atoms with Gasteiger partial charge in [-0.2, -0.15) is 0 Å². The SMILES string of the molecule is Cc1ccc(C(C)NN)cc1C. The summed E-state index contributed by atoms with van der Waals surface area (Å²) in [5.74, 6) is 5.34. The van der Waals surface area contributed by atoms with Crippen molar-refractivity contribution in [1.82, 2.24) is 5.43 Å². The van der Waals surface area contributed by atoms with E-state index in [1.807, 2.05) is 6.92 Å². The van der Waals surface area contributed by atoms with E-state index >= 15 is 0 Å². The van der Waals surface area contributed by atoms with Crippen LogP contribution in [0.5, 0.6) is 0 Å². The molecule has 0 heterocycles. The molecule has 0 aliphatic rings. The minimum atomic E-state index is 0.226. The molecule has 0 aromatic heterocycles. The van der Waals surface area contributed by atoms with Crippen molar-refractivity contribution in [2.75, 3.05) is 0 Å². The first-order valence-electron chi connectivity index (χ1n) is 4.18. The Balaban J connectivity index is 2.96. The van der Waals surface area contributed by atoms with Crippen LogP contribution in [0.1, 0.15) is 29.7 Å². The molecule has 66 valence electrons. The first-order chi connectivity index (χ1) is 5.65. The van der Waals surface area contributed by atoms with Crippen LogP contribution in [0.15, 0.2) is 18.2 Å². The fourth-order valence-corrected chi connectivity index (χ4v) is 1.13. The van der Waals surface area contributed by atoms with Crippen LogP contribution >= 0.6 is 0 Å². The van der Waals surface area contributed by atoms with Gasteiger partial charge in [0.25, 0.3) is 0 Å². The average Bonchev–Trinajstić information content (AvgIpc) is 2.08. The highest BCUT2D eigenvalue weighted by Crippen LogP contribution is 2.15. The number of benzene rings is 1. The first-order valence-corrected chi connectivity index (χ1v) is 4.18. The molecule has 0 aliphatic heterocycles. The number of aryl methyl sites for hydroxylation is 2. The van der Waals surface area contributed by atoms with Crippen molar-refractivity contribution in [3.8, 4) is 0 Å². The molecule has 0 saturated heterocycles. The van der Waals surface area contributed by atoms with Gasteiger partial charge in [-0.25, -0.2) is 0 Å². The van der Waals surface area contributed by atoms with Crippen molar-refractivity contribution in [2.45, 2.75) is 26.8 Å². The van der Waals surface area contributed by atoms with E-state index in [1.54, 1.807) is 0 Å². The lowest BCUT2D eigenvalue weighted by molar-refractivity contribution is 0.602. The minimum Gasteiger partial charge on any atom is -0.271 e. The van der Waals surface area contributed by atoms with Gasteiger partial charge < -0.3 is 0 Å². The number of hydrogen-bond acceptors (Lipinski definition) is 2. The summed E-state index contributed by atoms with van der Waals surface area (Å²) in [6, 6.07) is 6.62. The lowest BCUT2D eigenvalue weighted by Crippen LogP contribution is -2.25. The van der Waals surface area contributed by atoms with Crippen LogP contribution in [0.4, 0.5) is 0 Å². The fraction of sp³-hybridized carbons (Fsp3) is 0.400. The monoisotopic (exact) mass is 164 g/mol. The van der Waals surface area contributed by atoms with E-state index in [-0.39, 0.29) is 6.04 Å². The Hall–Kier alpha value is -0.860. The molecule has 0 saturated carbocycles. The van der Waals surface area contributed by atoms with Crippen molar-refractivity contribution >= 4 is 0 Å². The quantitative estimate of drug-likeness (QED) is 0.517. The molecule has 1 rings (SSSR count). The molecule has 0 aliphatic carbocycles. The van der Waals surface area contributed by atoms with E-state index in [0.717, 1.165) is 0 Å². The third kappa shape index (κ3) is 1.84. The van der Waals surface area contributed by atoms with Gasteiger partial charge in [-0.3, -0.25) is 11.3 Å². The zero-order chi connectivity index (χ0) is 9.14. The highest BCUT2D eigenvalue weighted by Gasteiger charge is 2.02. The van der Waals surface area contributed by atoms with E-state index in [2.05, 4.69) is 37.5 Å². The number of nitrogens with one attached hydrogen (secondary N) is 1. The summed E-state index contributed by atoms with van der Waals surface area (Å²) in [6.07, 6.45) is 0. The Bertz CT molecular complexity index is 269. The molecule has 0 bridgehead atoms. The lowest BCUT2D eigenvalue weighted by atomic mass is 10.0. The van der Waals surface area contributed by atoms with Gasteiger partial charge in [-0.05, 0) is 37.5 Å². The van der Waals surface area contributed by atoms with E-state index in [0.29, 0.717) is 0 Å². The lowest BCUT2D eigenvalue weighted by Gasteiger charge is -2.11. The van der Waals surface area contributed by atoms with Crippen molar-refractivity contribution < 1.29 is 0 Å². The maximum absolute atomic E-state index is 5.34. The van der Waals surface area contributed by atoms with Crippen molar-refractivity contribution in [3.05, 3.63) is 34.9 Å². The number of hydrazine groups is 1. The number of nitrogens with two attached hydrogens (primary N) is 1. The molecule has 2 heteroatoms. The molecule has 1 aromatic carbocycles. The van der Waals surface area contributed by atoms with Crippen molar-refractivity contribution in [2.24, 2.45) is 5.84 Å². The first kappa shape index (κ1) is 9.23. The molecule has 0 radical (unpaired) electrons. The minimum absolute atomic E-state index is 0.226. The van der Waals surface area contributed by atoms with E-state index in [4.69, 9.17) is 5.84 Å². The zero-order valence-electron chi connectivity index (χ0n) is 7.89. The van der Waals surface area contributed by atoms with Crippen LogP contribution in [0.25, 0.3) is 0 Å². The van der Waals surface area contributed by atoms with Gasteiger partial charge in [0.2, 0.25) is 0 Å². The Labute approximate surface area is 73.8 Å². The summed E-state index contributed by atoms with van der Waals surface area (Å²) < 4.78 is 0. The van der Waals surface area contributed by atoms with Crippen LogP contribution in [0.3, 0.4) is 0 Å². The highest BCUT2D eigenvalue weighted by atomic mass is 15.2. The second-order valence-electron chi connectivity index (χ2n) is 3.23. The smallest absolute Gasteiger partial charge is 0.0431 e. The van der Waals surface area contributed by atoms with Gasteiger partial charge in [0.05, 0.1) is 0 Å². The second kappa shape index (κ2) is 3.70. The van der Waals surface area contributed by atoms with Crippen LogP contribution in [0.2, 0.25) is 0 Å². The summed E-state index contributed by atoms with van der Waals surface area (Å²) in [7, 11) is 0. The molecule has 1 aromatic rings. The molecule has 2 nitrogen and oxygen atoms in total. The summed E-state index contributed by atoms with van der Waals surface area (Å²) in [5.41, 5.74) is 6.60. The Kier molecular flexibility index (Phi) is 2.84. The average molecular weight is 164 g/mol. The Morgan fingerprint density at radius 2 is 1.92 bits per heavy atom. The van der Waals surface area contributed by atoms with E-state index in [1.165, 1.54) is 16.7 Å². The summed E-state index contributed by atoms with van der Waals surface area (Å²) in [4.78, 5) is 0. The topological polar surface area (TPSA) is 38.0 Å². The Morgan fingerprint density at radius 3 is 2.42 bits per heavy atom. The maximum Gasteiger partial charge on any atom is 0.0431 e. The van der Waals surface area contributed by atoms with Crippen molar-refractivity contribution in [1.29, 1.82) is 0 Å². The molecule has 0 fully saturated rings. The molecule has 12 heavy (non-hydrogen) atoms. The Morgan fingerprint density at radius 1 is 1.25 bits per heavy atom. The maximum atomic E-state index is 5.34. The zero-order valence-corrected chi connectivity index (χ0v) is 7.89. The molecule has 3 N–H and O–H groups in total. The summed E-state index contributed by atoms with van der Waals surface area (Å²) in [6.45, 7) is 6.27. The van der Waals surface area contributed by atoms with Gasteiger partial charge in [0, 0.05) is 6.04 Å². The van der Waals surface area contributed by atoms with Gasteiger partial charge >= 0.3 is 0 Å². The van der Waals surface area contributed by atoms with Gasteiger partial charge in [0.15, 0.2) is 0 Å². The molecule has 1 unspecified atom stereocenters. The van der Waals surface area contributed by atoms with Crippen LogP contribution in [-0.2, 0) is 0 Å². The normalized spacial score (nSPS) is 13.0. The third-order valence-electron chi connectivity index (χ3n) is 2.28. The molecule has 1 atom stereocenters. The van der Waals surface area contributed by atoms with Gasteiger partial charge in [0.1, 0.15) is 0 Å². The molecule has 0 amide bonds. The van der Waals surface area contributed by atoms with Gasteiger partial charge in [-0.1, -0.05) is 18.2 Å². The number of hydrogen-bond donors (Lipinski definition) is 2. The van der Waals surface area contributed by atoms with Crippen LogP contribution < -0.4 is 11.3 Å². The predicted molar refractivity (Wildman–Crippen MR) is 51.7 cm³/mol. The van der Waals surface area contributed by atoms with E-state index in [9.17, 15) is 0 Å². The molecule has 0 spiro atoms. The van der Waals surface area contributed by atoms with Crippen molar-refractivity contribution in [3.63, 3.8) is 0 Å². The summed E-state index contributed by atoms with van der Waals surface area (Å²) in [5, 5.41) is 0. The van der Waals surface area contributed by atoms with Gasteiger partial charge in [-0.15, -0.1) is 0 Å². The second-order valence-corrected chi connectivity index (χ2v) is 3.23.